The first-order chi connectivity index (χ1) is 4.81. The van der Waals surface area contributed by atoms with Crippen LogP contribution in [0.4, 0.5) is 4.79 Å². The van der Waals surface area contributed by atoms with Crippen LogP contribution in [0.3, 0.4) is 0 Å². The van der Waals surface area contributed by atoms with E-state index in [1.54, 1.807) is 13.2 Å². The fraction of sp³-hybridized carbons (Fsp3) is 0.667. The van der Waals surface area contributed by atoms with Crippen molar-refractivity contribution in [2.45, 2.75) is 13.3 Å². The molecule has 4 nitrogen and oxygen atoms in total. The Bertz CT molecular complexity index is 114. The van der Waals surface area contributed by atoms with Gasteiger partial charge in [0.2, 0.25) is 0 Å². The number of carbonyl (C=O) groups excluding carboxylic acids is 2. The molecule has 0 spiro atoms. The van der Waals surface area contributed by atoms with Crippen molar-refractivity contribution >= 4 is 12.4 Å². The zero-order chi connectivity index (χ0) is 7.82. The van der Waals surface area contributed by atoms with Crippen molar-refractivity contribution in [2.75, 3.05) is 13.2 Å². The van der Waals surface area contributed by atoms with Crippen LogP contribution < -0.4 is 5.32 Å². The number of hydrogen-bond acceptors (Lipinski definition) is 3. The summed E-state index contributed by atoms with van der Waals surface area (Å²) in [7, 11) is 0. The van der Waals surface area contributed by atoms with Gasteiger partial charge in [0.25, 0.3) is 0 Å². The number of ether oxygens (including phenoxy) is 1. The van der Waals surface area contributed by atoms with Gasteiger partial charge in [-0.15, -0.1) is 0 Å². The lowest BCUT2D eigenvalue weighted by Crippen LogP contribution is -2.25. The number of alkyl carbamates (subject to hydrolysis) is 1. The molecule has 1 amide bonds. The molecule has 0 unspecified atom stereocenters. The average molecular weight is 144 g/mol. The van der Waals surface area contributed by atoms with Crippen molar-refractivity contribution in [3.63, 3.8) is 0 Å². The van der Waals surface area contributed by atoms with Crippen LogP contribution in [0.25, 0.3) is 0 Å². The first-order valence-corrected chi connectivity index (χ1v) is 3.07. The Hall–Kier alpha value is -1.06. The van der Waals surface area contributed by atoms with E-state index >= 15 is 0 Å². The van der Waals surface area contributed by atoms with E-state index in [0.29, 0.717) is 13.2 Å². The van der Waals surface area contributed by atoms with Crippen LogP contribution in [0.1, 0.15) is 13.3 Å². The van der Waals surface area contributed by atoms with E-state index in [2.05, 4.69) is 10.1 Å². The van der Waals surface area contributed by atoms with Gasteiger partial charge in [-0.05, 0) is 6.92 Å². The molecule has 0 heterocycles. The van der Waals surface area contributed by atoms with Crippen LogP contribution in [0.5, 0.6) is 0 Å². The topological polar surface area (TPSA) is 55.4 Å². The van der Waals surface area contributed by atoms with E-state index < -0.39 is 6.09 Å². The third kappa shape index (κ3) is 5.08. The second-order valence-electron chi connectivity index (χ2n) is 1.54. The first kappa shape index (κ1) is 8.94. The highest BCUT2D eigenvalue weighted by Crippen LogP contribution is 1.75. The standard InChI is InChI=1S/C6H10NO3/c1-2-10-6(9)7-4-3-5-8/h2-4H2,1H3,(H,7,9). The van der Waals surface area contributed by atoms with Crippen molar-refractivity contribution < 1.29 is 14.3 Å². The van der Waals surface area contributed by atoms with Gasteiger partial charge in [0.1, 0.15) is 0 Å². The number of hydrogen-bond donors (Lipinski definition) is 1. The van der Waals surface area contributed by atoms with Gasteiger partial charge in [0.15, 0.2) is 6.29 Å². The van der Waals surface area contributed by atoms with Gasteiger partial charge in [0.05, 0.1) is 6.61 Å². The summed E-state index contributed by atoms with van der Waals surface area (Å²) in [6.07, 6.45) is 1.36. The second kappa shape index (κ2) is 6.07. The van der Waals surface area contributed by atoms with E-state index in [0.717, 1.165) is 0 Å². The Morgan fingerprint density at radius 2 is 2.40 bits per heavy atom. The second-order valence-corrected chi connectivity index (χ2v) is 1.54. The third-order valence-corrected chi connectivity index (χ3v) is 0.772. The van der Waals surface area contributed by atoms with Crippen molar-refractivity contribution in [1.29, 1.82) is 0 Å². The molecule has 0 aliphatic rings. The molecule has 0 saturated carbocycles. The van der Waals surface area contributed by atoms with Gasteiger partial charge >= 0.3 is 6.09 Å². The average Bonchev–Trinajstić information content (AvgIpc) is 1.89. The first-order valence-electron chi connectivity index (χ1n) is 3.07. The van der Waals surface area contributed by atoms with Crippen molar-refractivity contribution in [3.8, 4) is 0 Å². The molecule has 0 aromatic carbocycles. The van der Waals surface area contributed by atoms with Gasteiger partial charge in [-0.2, -0.15) is 0 Å². The molecule has 0 bridgehead atoms. The molecular weight excluding hydrogens is 134 g/mol. The van der Waals surface area contributed by atoms with E-state index in [4.69, 9.17) is 0 Å². The molecule has 0 aliphatic heterocycles. The summed E-state index contributed by atoms with van der Waals surface area (Å²) in [6.45, 7) is 2.35. The molecule has 57 valence electrons. The smallest absolute Gasteiger partial charge is 0.407 e. The maximum absolute atomic E-state index is 10.5. The van der Waals surface area contributed by atoms with Gasteiger partial charge in [-0.3, -0.25) is 4.79 Å². The summed E-state index contributed by atoms with van der Waals surface area (Å²) in [5.41, 5.74) is 0. The largest absolute Gasteiger partial charge is 0.450 e. The molecule has 0 saturated heterocycles. The zero-order valence-corrected chi connectivity index (χ0v) is 5.85. The number of nitrogens with one attached hydrogen (secondary N) is 1. The fourth-order valence-corrected chi connectivity index (χ4v) is 0.398. The molecule has 0 aliphatic carbocycles. The third-order valence-electron chi connectivity index (χ3n) is 0.772. The lowest BCUT2D eigenvalue weighted by molar-refractivity contribution is 0.152. The van der Waals surface area contributed by atoms with E-state index in [-0.39, 0.29) is 6.42 Å². The molecule has 1 N–H and O–H groups in total. The molecule has 0 aromatic rings. The van der Waals surface area contributed by atoms with E-state index in [1.807, 2.05) is 0 Å². The fourth-order valence-electron chi connectivity index (χ4n) is 0.398. The lowest BCUT2D eigenvalue weighted by Gasteiger charge is -2.00. The molecule has 0 atom stereocenters. The maximum Gasteiger partial charge on any atom is 0.407 e. The Kier molecular flexibility index (Phi) is 5.42. The van der Waals surface area contributed by atoms with Gasteiger partial charge < -0.3 is 10.1 Å². The molecule has 0 fully saturated rings. The minimum absolute atomic E-state index is 0.207. The molecule has 0 aromatic heterocycles. The minimum atomic E-state index is -0.488. The van der Waals surface area contributed by atoms with Crippen LogP contribution >= 0.6 is 0 Å². The predicted octanol–water partition coefficient (Wildman–Crippen LogP) is 0.232. The highest BCUT2D eigenvalue weighted by Gasteiger charge is 1.96. The van der Waals surface area contributed by atoms with Crippen LogP contribution in [-0.4, -0.2) is 25.5 Å². The minimum Gasteiger partial charge on any atom is -0.450 e. The maximum atomic E-state index is 10.5. The highest BCUT2D eigenvalue weighted by atomic mass is 16.5. The Morgan fingerprint density at radius 3 is 2.90 bits per heavy atom. The summed E-state index contributed by atoms with van der Waals surface area (Å²) in [4.78, 5) is 20.1. The Balaban J connectivity index is 3.13. The summed E-state index contributed by atoms with van der Waals surface area (Å²) in [5, 5.41) is 2.36. The quantitative estimate of drug-likeness (QED) is 0.575. The Labute approximate surface area is 59.6 Å². The number of carbonyl (C=O) groups is 1. The highest BCUT2D eigenvalue weighted by molar-refractivity contribution is 5.67. The van der Waals surface area contributed by atoms with Crippen LogP contribution in [0.15, 0.2) is 0 Å². The molecule has 4 heteroatoms. The van der Waals surface area contributed by atoms with Crippen molar-refractivity contribution in [2.24, 2.45) is 0 Å². The molecule has 1 radical (unpaired) electrons. The Morgan fingerprint density at radius 1 is 1.70 bits per heavy atom. The molecular formula is C6H10NO3. The lowest BCUT2D eigenvalue weighted by atomic mass is 10.5. The van der Waals surface area contributed by atoms with Gasteiger partial charge in [-0.1, -0.05) is 0 Å². The predicted molar refractivity (Wildman–Crippen MR) is 35.3 cm³/mol. The van der Waals surface area contributed by atoms with Gasteiger partial charge in [-0.25, -0.2) is 4.79 Å². The summed E-state index contributed by atoms with van der Waals surface area (Å²) in [6, 6.07) is 0. The summed E-state index contributed by atoms with van der Waals surface area (Å²) in [5.74, 6) is 0. The number of rotatable bonds is 4. The monoisotopic (exact) mass is 144 g/mol. The normalized spacial score (nSPS) is 8.50. The van der Waals surface area contributed by atoms with Crippen LogP contribution in [-0.2, 0) is 9.53 Å². The van der Waals surface area contributed by atoms with Crippen LogP contribution in [0.2, 0.25) is 0 Å². The van der Waals surface area contributed by atoms with E-state index in [1.165, 1.54) is 0 Å². The van der Waals surface area contributed by atoms with Gasteiger partial charge in [0, 0.05) is 13.0 Å². The zero-order valence-electron chi connectivity index (χ0n) is 5.85. The molecule has 0 rings (SSSR count). The van der Waals surface area contributed by atoms with E-state index in [9.17, 15) is 9.59 Å². The SMILES string of the molecule is CCOC(=O)NCC[C]=O. The molecule has 10 heavy (non-hydrogen) atoms. The van der Waals surface area contributed by atoms with Crippen LogP contribution in [0, 0.1) is 0 Å². The van der Waals surface area contributed by atoms with Crippen molar-refractivity contribution in [1.82, 2.24) is 5.32 Å². The summed E-state index contributed by atoms with van der Waals surface area (Å²) >= 11 is 0. The van der Waals surface area contributed by atoms with Crippen molar-refractivity contribution in [3.05, 3.63) is 0 Å². The number of amides is 1. The summed E-state index contributed by atoms with van der Waals surface area (Å²) < 4.78 is 4.51.